The molecule has 168 valence electrons. The van der Waals surface area contributed by atoms with Crippen molar-refractivity contribution < 1.29 is 22.8 Å². The van der Waals surface area contributed by atoms with Crippen molar-refractivity contribution in [3.05, 3.63) is 65.2 Å². The number of nitrogens with one attached hydrogen (secondary N) is 3. The first-order valence-corrected chi connectivity index (χ1v) is 9.87. The van der Waals surface area contributed by atoms with Gasteiger partial charge in [-0.25, -0.2) is 9.48 Å². The first-order chi connectivity index (χ1) is 15.3. The lowest BCUT2D eigenvalue weighted by Crippen LogP contribution is -2.45. The summed E-state index contributed by atoms with van der Waals surface area (Å²) < 4.78 is 41.2. The molecule has 0 radical (unpaired) electrons. The summed E-state index contributed by atoms with van der Waals surface area (Å²) in [6.45, 7) is 0.937. The summed E-state index contributed by atoms with van der Waals surface area (Å²) in [7, 11) is 0. The Labute approximate surface area is 180 Å². The molecule has 4 rings (SSSR count). The van der Waals surface area contributed by atoms with Crippen molar-refractivity contribution in [2.45, 2.75) is 19.1 Å². The Morgan fingerprint density at radius 2 is 1.88 bits per heavy atom. The Hall–Kier alpha value is -3.83. The summed E-state index contributed by atoms with van der Waals surface area (Å²) in [5, 5.41) is 15.4. The quantitative estimate of drug-likeness (QED) is 0.521. The summed E-state index contributed by atoms with van der Waals surface area (Å²) in [5.41, 5.74) is 0.473. The fraction of sp³-hybridized carbons (Fsp3) is 0.300. The van der Waals surface area contributed by atoms with Crippen LogP contribution < -0.4 is 10.6 Å². The molecule has 0 fully saturated rings. The highest BCUT2D eigenvalue weighted by molar-refractivity contribution is 5.95. The zero-order valence-electron chi connectivity index (χ0n) is 16.8. The number of para-hydroxylation sites is 1. The maximum Gasteiger partial charge on any atom is 0.435 e. The number of H-pyrrole nitrogens is 1. The average molecular weight is 447 g/mol. The predicted molar refractivity (Wildman–Crippen MR) is 107 cm³/mol. The maximum atomic E-state index is 13.4. The number of carbonyl (C=O) groups excluding carboxylic acids is 2. The van der Waals surface area contributed by atoms with Crippen LogP contribution in [0.5, 0.6) is 0 Å². The van der Waals surface area contributed by atoms with Crippen LogP contribution in [0.2, 0.25) is 0 Å². The van der Waals surface area contributed by atoms with Crippen LogP contribution in [-0.2, 0) is 19.1 Å². The molecule has 0 unspecified atom stereocenters. The van der Waals surface area contributed by atoms with E-state index in [-0.39, 0.29) is 19.1 Å². The predicted octanol–water partition coefficient (Wildman–Crippen LogP) is 2.11. The largest absolute Gasteiger partial charge is 0.435 e. The van der Waals surface area contributed by atoms with E-state index in [1.807, 2.05) is 0 Å². The lowest BCUT2D eigenvalue weighted by Gasteiger charge is -2.26. The van der Waals surface area contributed by atoms with Crippen molar-refractivity contribution in [3.63, 3.8) is 0 Å². The number of carbonyl (C=O) groups is 2. The molecular formula is C20H20F3N7O2. The van der Waals surface area contributed by atoms with E-state index in [4.69, 9.17) is 0 Å². The van der Waals surface area contributed by atoms with Gasteiger partial charge in [0.05, 0.1) is 29.7 Å². The fourth-order valence-corrected chi connectivity index (χ4v) is 3.40. The van der Waals surface area contributed by atoms with Crippen LogP contribution in [0.15, 0.2) is 42.7 Å². The molecule has 3 N–H and O–H groups in total. The number of amides is 3. The van der Waals surface area contributed by atoms with Crippen molar-refractivity contribution in [2.75, 3.05) is 19.6 Å². The molecule has 1 aliphatic rings. The second-order valence-electron chi connectivity index (χ2n) is 7.20. The van der Waals surface area contributed by atoms with Gasteiger partial charge in [-0.05, 0) is 24.1 Å². The van der Waals surface area contributed by atoms with Crippen molar-refractivity contribution in [2.24, 2.45) is 0 Å². The number of hydrogen-bond donors (Lipinski definition) is 3. The highest BCUT2D eigenvalue weighted by atomic mass is 19.4. The van der Waals surface area contributed by atoms with Gasteiger partial charge in [-0.3, -0.25) is 9.89 Å². The molecular weight excluding hydrogens is 427 g/mol. The van der Waals surface area contributed by atoms with Gasteiger partial charge in [0, 0.05) is 25.8 Å². The molecule has 2 aromatic heterocycles. The first kappa shape index (κ1) is 21.4. The molecule has 9 nitrogen and oxygen atoms in total. The van der Waals surface area contributed by atoms with Crippen LogP contribution in [0.4, 0.5) is 18.0 Å². The minimum absolute atomic E-state index is 0.0401. The number of benzene rings is 1. The lowest BCUT2D eigenvalue weighted by molar-refractivity contribution is -0.141. The van der Waals surface area contributed by atoms with Crippen LogP contribution in [0.3, 0.4) is 0 Å². The van der Waals surface area contributed by atoms with E-state index in [1.165, 1.54) is 0 Å². The number of alkyl halides is 3. The molecule has 3 aromatic rings. The summed E-state index contributed by atoms with van der Waals surface area (Å²) in [6.07, 6.45) is -1.33. The van der Waals surface area contributed by atoms with Crippen molar-refractivity contribution in [3.8, 4) is 5.69 Å². The average Bonchev–Trinajstić information content (AvgIpc) is 3.43. The Kier molecular flexibility index (Phi) is 5.84. The molecule has 0 saturated carbocycles. The number of aromatic amines is 1. The van der Waals surface area contributed by atoms with E-state index in [0.717, 1.165) is 22.1 Å². The van der Waals surface area contributed by atoms with Gasteiger partial charge in [0.2, 0.25) is 0 Å². The molecule has 0 aliphatic carbocycles. The standard InChI is InChI=1S/C20H20F3N7O2/c21-20(22,23)17-15(11-30(28-17)14-4-2-1-3-5-14)18(31)24-7-8-25-19(32)29-9-6-13-10-26-27-16(13)12-29/h1-5,10-11H,6-9,12H2,(H,24,31)(H,25,32)(H,26,27). The molecule has 1 aromatic carbocycles. The van der Waals surface area contributed by atoms with E-state index < -0.39 is 23.3 Å². The van der Waals surface area contributed by atoms with Gasteiger partial charge in [0.1, 0.15) is 0 Å². The van der Waals surface area contributed by atoms with E-state index in [2.05, 4.69) is 25.9 Å². The van der Waals surface area contributed by atoms with E-state index in [0.29, 0.717) is 25.2 Å². The third-order valence-electron chi connectivity index (χ3n) is 5.03. The van der Waals surface area contributed by atoms with E-state index in [9.17, 15) is 22.8 Å². The Bertz CT molecular complexity index is 1110. The van der Waals surface area contributed by atoms with Gasteiger partial charge in [0.25, 0.3) is 5.91 Å². The zero-order valence-corrected chi connectivity index (χ0v) is 16.8. The van der Waals surface area contributed by atoms with Crippen molar-refractivity contribution in [1.29, 1.82) is 0 Å². The number of nitrogens with zero attached hydrogens (tertiary/aromatic N) is 4. The van der Waals surface area contributed by atoms with E-state index >= 15 is 0 Å². The second kappa shape index (κ2) is 8.73. The fourth-order valence-electron chi connectivity index (χ4n) is 3.40. The molecule has 32 heavy (non-hydrogen) atoms. The smallest absolute Gasteiger partial charge is 0.350 e. The van der Waals surface area contributed by atoms with Gasteiger partial charge in [-0.1, -0.05) is 18.2 Å². The Morgan fingerprint density at radius 3 is 2.62 bits per heavy atom. The van der Waals surface area contributed by atoms with Crippen molar-refractivity contribution >= 4 is 11.9 Å². The number of fused-ring (bicyclic) bond motifs is 1. The van der Waals surface area contributed by atoms with E-state index in [1.54, 1.807) is 41.4 Å². The van der Waals surface area contributed by atoms with Gasteiger partial charge in [-0.2, -0.15) is 23.4 Å². The normalized spacial score (nSPS) is 13.5. The molecule has 12 heteroatoms. The summed E-state index contributed by atoms with van der Waals surface area (Å²) in [4.78, 5) is 26.3. The molecule has 1 aliphatic heterocycles. The summed E-state index contributed by atoms with van der Waals surface area (Å²) in [6, 6.07) is 7.86. The minimum atomic E-state index is -4.79. The monoisotopic (exact) mass is 447 g/mol. The van der Waals surface area contributed by atoms with Crippen LogP contribution >= 0.6 is 0 Å². The third kappa shape index (κ3) is 4.58. The Balaban J connectivity index is 1.34. The van der Waals surface area contributed by atoms with Crippen LogP contribution in [-0.4, -0.2) is 56.5 Å². The molecule has 0 spiro atoms. The summed E-state index contributed by atoms with van der Waals surface area (Å²) in [5.74, 6) is -0.922. The van der Waals surface area contributed by atoms with Gasteiger partial charge < -0.3 is 15.5 Å². The van der Waals surface area contributed by atoms with Crippen molar-refractivity contribution in [1.82, 2.24) is 35.5 Å². The maximum absolute atomic E-state index is 13.4. The van der Waals surface area contributed by atoms with Gasteiger partial charge >= 0.3 is 12.2 Å². The second-order valence-corrected chi connectivity index (χ2v) is 7.20. The number of hydrogen-bond acceptors (Lipinski definition) is 4. The Morgan fingerprint density at radius 1 is 1.12 bits per heavy atom. The number of urea groups is 1. The lowest BCUT2D eigenvalue weighted by atomic mass is 10.1. The zero-order chi connectivity index (χ0) is 22.7. The molecule has 0 bridgehead atoms. The highest BCUT2D eigenvalue weighted by Crippen LogP contribution is 2.31. The number of halogens is 3. The van der Waals surface area contributed by atoms with Crippen LogP contribution in [0.25, 0.3) is 5.69 Å². The van der Waals surface area contributed by atoms with Crippen LogP contribution in [0.1, 0.15) is 27.3 Å². The minimum Gasteiger partial charge on any atom is -0.350 e. The molecule has 3 amide bonds. The summed E-state index contributed by atoms with van der Waals surface area (Å²) >= 11 is 0. The first-order valence-electron chi connectivity index (χ1n) is 9.87. The van der Waals surface area contributed by atoms with Gasteiger partial charge in [0.15, 0.2) is 5.69 Å². The van der Waals surface area contributed by atoms with Crippen LogP contribution in [0, 0.1) is 0 Å². The number of aromatic nitrogens is 4. The molecule has 0 atom stereocenters. The number of rotatable bonds is 5. The topological polar surface area (TPSA) is 108 Å². The molecule has 3 heterocycles. The third-order valence-corrected chi connectivity index (χ3v) is 5.03. The van der Waals surface area contributed by atoms with Gasteiger partial charge in [-0.15, -0.1) is 0 Å². The molecule has 0 saturated heterocycles. The SMILES string of the molecule is O=C(NCCNC(=O)N1CCc2cn[nH]c2C1)c1cn(-c2ccccc2)nc1C(F)(F)F. The highest BCUT2D eigenvalue weighted by Gasteiger charge is 2.39.